The van der Waals surface area contributed by atoms with E-state index < -0.39 is 0 Å². The Balaban J connectivity index is 1.76. The number of rotatable bonds is 5. The van der Waals surface area contributed by atoms with Crippen LogP contribution >= 0.6 is 0 Å². The molecule has 1 aromatic carbocycles. The number of carbonyl (C=O) groups is 1. The summed E-state index contributed by atoms with van der Waals surface area (Å²) in [7, 11) is 0. The molecule has 110 valence electrons. The molecule has 1 aromatic rings. The first-order valence-electron chi connectivity index (χ1n) is 7.45. The van der Waals surface area contributed by atoms with Crippen molar-refractivity contribution in [2.45, 2.75) is 32.6 Å². The zero-order valence-corrected chi connectivity index (χ0v) is 12.2. The van der Waals surface area contributed by atoms with E-state index in [1.807, 2.05) is 23.1 Å². The molecule has 0 spiro atoms. The van der Waals surface area contributed by atoms with Crippen LogP contribution in [0.4, 0.5) is 5.69 Å². The van der Waals surface area contributed by atoms with Crippen molar-refractivity contribution in [2.24, 2.45) is 5.92 Å². The molecule has 1 aliphatic rings. The molecule has 1 heterocycles. The SMILES string of the molecule is CCC1CCCN(C(=O)CCOc2ccccc2N)C1. The number of carbonyl (C=O) groups excluding carboxylic acids is 1. The lowest BCUT2D eigenvalue weighted by molar-refractivity contribution is -0.133. The van der Waals surface area contributed by atoms with Gasteiger partial charge >= 0.3 is 0 Å². The van der Waals surface area contributed by atoms with E-state index in [0.29, 0.717) is 30.4 Å². The van der Waals surface area contributed by atoms with Crippen LogP contribution in [0, 0.1) is 5.92 Å². The van der Waals surface area contributed by atoms with Gasteiger partial charge in [0.2, 0.25) is 5.91 Å². The molecule has 1 saturated heterocycles. The number of amides is 1. The van der Waals surface area contributed by atoms with Crippen molar-refractivity contribution in [2.75, 3.05) is 25.4 Å². The lowest BCUT2D eigenvalue weighted by Crippen LogP contribution is -2.40. The smallest absolute Gasteiger partial charge is 0.226 e. The van der Waals surface area contributed by atoms with Gasteiger partial charge in [-0.2, -0.15) is 0 Å². The largest absolute Gasteiger partial charge is 0.491 e. The van der Waals surface area contributed by atoms with Crippen LogP contribution in [0.5, 0.6) is 5.75 Å². The van der Waals surface area contributed by atoms with Gasteiger partial charge in [0.15, 0.2) is 0 Å². The molecule has 1 fully saturated rings. The monoisotopic (exact) mass is 276 g/mol. The molecule has 4 heteroatoms. The number of ether oxygens (including phenoxy) is 1. The molecule has 0 bridgehead atoms. The van der Waals surface area contributed by atoms with Crippen LogP contribution < -0.4 is 10.5 Å². The van der Waals surface area contributed by atoms with Gasteiger partial charge in [0.25, 0.3) is 0 Å². The lowest BCUT2D eigenvalue weighted by Gasteiger charge is -2.32. The van der Waals surface area contributed by atoms with Gasteiger partial charge in [0, 0.05) is 13.1 Å². The van der Waals surface area contributed by atoms with Crippen LogP contribution in [-0.2, 0) is 4.79 Å². The minimum atomic E-state index is 0.192. The van der Waals surface area contributed by atoms with Gasteiger partial charge in [-0.1, -0.05) is 25.5 Å². The first kappa shape index (κ1) is 14.7. The van der Waals surface area contributed by atoms with Crippen molar-refractivity contribution < 1.29 is 9.53 Å². The summed E-state index contributed by atoms with van der Waals surface area (Å²) in [6, 6.07) is 7.37. The zero-order valence-electron chi connectivity index (χ0n) is 12.2. The minimum Gasteiger partial charge on any atom is -0.491 e. The second-order valence-corrected chi connectivity index (χ2v) is 5.39. The van der Waals surface area contributed by atoms with E-state index in [1.54, 1.807) is 6.07 Å². The molecule has 20 heavy (non-hydrogen) atoms. The highest BCUT2D eigenvalue weighted by molar-refractivity contribution is 5.76. The third kappa shape index (κ3) is 3.89. The first-order valence-corrected chi connectivity index (χ1v) is 7.45. The molecule has 0 aliphatic carbocycles. The predicted molar refractivity (Wildman–Crippen MR) is 80.6 cm³/mol. The van der Waals surface area contributed by atoms with Gasteiger partial charge < -0.3 is 15.4 Å². The fourth-order valence-electron chi connectivity index (χ4n) is 2.64. The average molecular weight is 276 g/mol. The summed E-state index contributed by atoms with van der Waals surface area (Å²) in [5, 5.41) is 0. The fraction of sp³-hybridized carbons (Fsp3) is 0.562. The maximum absolute atomic E-state index is 12.1. The number of hydrogen-bond donors (Lipinski definition) is 1. The van der Waals surface area contributed by atoms with Crippen molar-refractivity contribution in [1.29, 1.82) is 0 Å². The van der Waals surface area contributed by atoms with E-state index in [-0.39, 0.29) is 5.91 Å². The van der Waals surface area contributed by atoms with Crippen LogP contribution in [0.15, 0.2) is 24.3 Å². The molecule has 1 aliphatic heterocycles. The van der Waals surface area contributed by atoms with E-state index in [2.05, 4.69) is 6.92 Å². The number of likely N-dealkylation sites (tertiary alicyclic amines) is 1. The van der Waals surface area contributed by atoms with Crippen molar-refractivity contribution in [3.05, 3.63) is 24.3 Å². The van der Waals surface area contributed by atoms with E-state index in [4.69, 9.17) is 10.5 Å². The Morgan fingerprint density at radius 3 is 3.00 bits per heavy atom. The van der Waals surface area contributed by atoms with E-state index >= 15 is 0 Å². The number of para-hydroxylation sites is 2. The van der Waals surface area contributed by atoms with Crippen LogP contribution in [0.2, 0.25) is 0 Å². The lowest BCUT2D eigenvalue weighted by atomic mass is 9.95. The van der Waals surface area contributed by atoms with E-state index in [1.165, 1.54) is 6.42 Å². The molecule has 0 saturated carbocycles. The molecule has 1 amide bonds. The summed E-state index contributed by atoms with van der Waals surface area (Å²) in [6.45, 7) is 4.38. The van der Waals surface area contributed by atoms with Gasteiger partial charge in [-0.15, -0.1) is 0 Å². The molecule has 1 unspecified atom stereocenters. The second kappa shape index (κ2) is 7.17. The molecular formula is C16H24N2O2. The van der Waals surface area contributed by atoms with Crippen LogP contribution in [0.3, 0.4) is 0 Å². The Morgan fingerprint density at radius 2 is 2.25 bits per heavy atom. The number of hydrogen-bond acceptors (Lipinski definition) is 3. The molecule has 0 radical (unpaired) electrons. The van der Waals surface area contributed by atoms with E-state index in [9.17, 15) is 4.79 Å². The van der Waals surface area contributed by atoms with Gasteiger partial charge in [-0.3, -0.25) is 4.79 Å². The summed E-state index contributed by atoms with van der Waals surface area (Å²) < 4.78 is 5.58. The highest BCUT2D eigenvalue weighted by atomic mass is 16.5. The fourth-order valence-corrected chi connectivity index (χ4v) is 2.64. The van der Waals surface area contributed by atoms with Gasteiger partial charge in [-0.05, 0) is 30.9 Å². The van der Waals surface area contributed by atoms with Crippen LogP contribution in [-0.4, -0.2) is 30.5 Å². The number of nitrogens with zero attached hydrogens (tertiary/aromatic N) is 1. The van der Waals surface area contributed by atoms with Crippen molar-refractivity contribution in [1.82, 2.24) is 4.90 Å². The number of piperidine rings is 1. The molecule has 2 rings (SSSR count). The van der Waals surface area contributed by atoms with Gasteiger partial charge in [-0.25, -0.2) is 0 Å². The Bertz CT molecular complexity index is 448. The molecule has 4 nitrogen and oxygen atoms in total. The van der Waals surface area contributed by atoms with Crippen LogP contribution in [0.1, 0.15) is 32.6 Å². The maximum Gasteiger partial charge on any atom is 0.226 e. The maximum atomic E-state index is 12.1. The summed E-state index contributed by atoms with van der Waals surface area (Å²) in [5.41, 5.74) is 6.41. The Hall–Kier alpha value is -1.71. The molecule has 0 aromatic heterocycles. The summed E-state index contributed by atoms with van der Waals surface area (Å²) in [4.78, 5) is 14.1. The number of nitrogen functional groups attached to an aromatic ring is 1. The predicted octanol–water partition coefficient (Wildman–Crippen LogP) is 2.69. The highest BCUT2D eigenvalue weighted by Crippen LogP contribution is 2.21. The quantitative estimate of drug-likeness (QED) is 0.841. The zero-order chi connectivity index (χ0) is 14.4. The normalized spacial score (nSPS) is 18.9. The molecule has 1 atom stereocenters. The van der Waals surface area contributed by atoms with Crippen LogP contribution in [0.25, 0.3) is 0 Å². The van der Waals surface area contributed by atoms with Crippen molar-refractivity contribution in [3.63, 3.8) is 0 Å². The standard InChI is InChI=1S/C16H24N2O2/c1-2-13-6-5-10-18(12-13)16(19)9-11-20-15-8-4-3-7-14(15)17/h3-4,7-8,13H,2,5-6,9-12,17H2,1H3. The topological polar surface area (TPSA) is 55.6 Å². The van der Waals surface area contributed by atoms with Crippen molar-refractivity contribution >= 4 is 11.6 Å². The number of nitrogens with two attached hydrogens (primary N) is 1. The highest BCUT2D eigenvalue weighted by Gasteiger charge is 2.22. The average Bonchev–Trinajstić information content (AvgIpc) is 2.49. The Kier molecular flexibility index (Phi) is 5.27. The number of anilines is 1. The first-order chi connectivity index (χ1) is 9.70. The third-order valence-corrected chi connectivity index (χ3v) is 3.94. The Morgan fingerprint density at radius 1 is 1.45 bits per heavy atom. The third-order valence-electron chi connectivity index (χ3n) is 3.94. The summed E-state index contributed by atoms with van der Waals surface area (Å²) >= 11 is 0. The van der Waals surface area contributed by atoms with E-state index in [0.717, 1.165) is 25.9 Å². The number of benzene rings is 1. The second-order valence-electron chi connectivity index (χ2n) is 5.39. The minimum absolute atomic E-state index is 0.192. The Labute approximate surface area is 120 Å². The van der Waals surface area contributed by atoms with Gasteiger partial charge in [0.1, 0.15) is 5.75 Å². The molecular weight excluding hydrogens is 252 g/mol. The molecule has 2 N–H and O–H groups in total. The summed E-state index contributed by atoms with van der Waals surface area (Å²) in [5.74, 6) is 1.52. The van der Waals surface area contributed by atoms with Gasteiger partial charge in [0.05, 0.1) is 18.7 Å². The van der Waals surface area contributed by atoms with Crippen molar-refractivity contribution in [3.8, 4) is 5.75 Å². The summed E-state index contributed by atoms with van der Waals surface area (Å²) in [6.07, 6.45) is 3.94.